The summed E-state index contributed by atoms with van der Waals surface area (Å²) in [4.78, 5) is 58.0. The van der Waals surface area contributed by atoms with Gasteiger partial charge in [0, 0.05) is 0 Å². The molecule has 7 aromatic rings. The third kappa shape index (κ3) is 11.4. The Morgan fingerprint density at radius 2 is 1.10 bits per heavy atom. The van der Waals surface area contributed by atoms with Crippen molar-refractivity contribution >= 4 is 45.6 Å². The van der Waals surface area contributed by atoms with E-state index in [1.165, 1.54) is 54.0 Å². The number of esters is 3. The van der Waals surface area contributed by atoms with Gasteiger partial charge in [0.1, 0.15) is 59.5 Å². The highest BCUT2D eigenvalue weighted by atomic mass is 79.9. The van der Waals surface area contributed by atoms with Crippen LogP contribution in [0.4, 0.5) is 5.82 Å². The zero-order valence-corrected chi connectivity index (χ0v) is 31.8. The number of alkyl halides is 1. The van der Waals surface area contributed by atoms with Gasteiger partial charge in [-0.15, -0.1) is 45.8 Å². The van der Waals surface area contributed by atoms with Crippen LogP contribution in [0.1, 0.15) is 5.69 Å². The van der Waals surface area contributed by atoms with Crippen molar-refractivity contribution in [1.82, 2.24) is 111 Å². The van der Waals surface area contributed by atoms with E-state index in [1.54, 1.807) is 6.07 Å². The topological polar surface area (TPSA) is 416 Å². The maximum atomic E-state index is 11.4. The van der Waals surface area contributed by atoms with Crippen molar-refractivity contribution in [3.8, 4) is 52.1 Å². The first kappa shape index (κ1) is 43.0. The second kappa shape index (κ2) is 21.4. The zero-order chi connectivity index (χ0) is 42.7. The van der Waals surface area contributed by atoms with Crippen LogP contribution >= 0.6 is 15.9 Å². The number of aromatic amines is 4. The predicted octanol–water partition coefficient (Wildman–Crippen LogP) is -2.22. The van der Waals surface area contributed by atoms with Crippen molar-refractivity contribution in [3.63, 3.8) is 0 Å². The van der Waals surface area contributed by atoms with Gasteiger partial charge in [0.05, 0.1) is 34.0 Å². The number of carbonyl (C=O) groups is 4. The summed E-state index contributed by atoms with van der Waals surface area (Å²) in [5, 5.41) is 71.5. The highest BCUT2D eigenvalue weighted by Crippen LogP contribution is 2.26. The number of aromatic nitrogens is 22. The first-order valence-electron chi connectivity index (χ1n) is 15.4. The summed E-state index contributed by atoms with van der Waals surface area (Å²) < 4.78 is 17.4. The average Bonchev–Trinajstić information content (AvgIpc) is 4.09. The van der Waals surface area contributed by atoms with E-state index in [0.717, 1.165) is 0 Å². The molecule has 0 fully saturated rings. The van der Waals surface area contributed by atoms with Gasteiger partial charge in [0.25, 0.3) is 0 Å². The molecule has 5 N–H and O–H groups in total. The zero-order valence-electron chi connectivity index (χ0n) is 30.2. The predicted molar refractivity (Wildman–Crippen MR) is 188 cm³/mol. The monoisotopic (exact) mass is 880 g/mol. The molecule has 0 aliphatic carbocycles. The Hall–Kier alpha value is -8.75. The molecule has 0 saturated heterocycles. The van der Waals surface area contributed by atoms with Gasteiger partial charge in [0.15, 0.2) is 6.33 Å². The molecular weight excluding hydrogens is 856 g/mol. The molecule has 33 heteroatoms. The number of aliphatic carboxylic acids is 1. The molecule has 0 unspecified atom stereocenters. The van der Waals surface area contributed by atoms with E-state index in [0.29, 0.717) is 22.8 Å². The number of H-pyrrole nitrogens is 4. The maximum Gasteiger partial charge on any atom is 0.325 e. The molecule has 304 valence electrons. The molecule has 7 rings (SSSR count). The second-order valence-corrected chi connectivity index (χ2v) is 10.7. The Kier molecular flexibility index (Phi) is 15.6. The van der Waals surface area contributed by atoms with Crippen LogP contribution in [-0.4, -0.2) is 167 Å². The van der Waals surface area contributed by atoms with Gasteiger partial charge in [-0.2, -0.15) is 26.1 Å². The summed E-state index contributed by atoms with van der Waals surface area (Å²) in [6, 6.07) is 1.80. The number of rotatable bonds is 11. The molecule has 0 radical (unpaired) electrons. The summed E-state index contributed by atoms with van der Waals surface area (Å²) in [6.45, 7) is 6.25. The Balaban J connectivity index is 0.000000185. The molecule has 0 bridgehead atoms. The third-order valence-corrected chi connectivity index (χ3v) is 7.09. The van der Waals surface area contributed by atoms with E-state index >= 15 is 0 Å². The molecular formula is C26H25BrN24O8. The molecule has 0 saturated carbocycles. The summed E-state index contributed by atoms with van der Waals surface area (Å²) in [6.07, 6.45) is 4.04. The number of carboxylic acid groups (broad SMARTS) is 1. The number of hydrogen-bond acceptors (Lipinski definition) is 23. The summed E-state index contributed by atoms with van der Waals surface area (Å²) >= 11 is 2.90. The van der Waals surface area contributed by atoms with Gasteiger partial charge in [0.2, 0.25) is 23.3 Å². The van der Waals surface area contributed by atoms with Crippen molar-refractivity contribution < 1.29 is 38.5 Å². The number of halogens is 1. The smallest absolute Gasteiger partial charge is 0.325 e. The Morgan fingerprint density at radius 1 is 0.695 bits per heavy atom. The Morgan fingerprint density at radius 3 is 1.44 bits per heavy atom. The first-order chi connectivity index (χ1) is 28.6. The Labute approximate surface area is 334 Å². The minimum Gasteiger partial charge on any atom is -0.480 e. The molecule has 0 aromatic carbocycles. The molecule has 0 amide bonds. The molecule has 0 atom stereocenters. The lowest BCUT2D eigenvalue weighted by Crippen LogP contribution is -2.12. The standard InChI is InChI=1S/C8H8N10O2.C8H6N4O2.C7H6N10O2.C3H5BrO2/c1-20-4(19)2-18-3-9-5(7-10-14-15-11-7)6(18)8-12-16-17-13-8;1-10-8-6(3-9)12(5-11-8)4-7(13)14-2;18-3(19)1-17-2-8-4(6-9-13-14-10-6)5(17)7-11-15-16-12-7;1-6-3(5)2-4/h3H,2H2,1H3,(H,10,11,14,15)(H,12,13,16,17);5H,4H2,2H3;2H,1H2,(H,18,19)(H,9,10,13,14)(H,11,12,15,16);2H2,1H3. The number of nitrogens with zero attached hydrogens (tertiary/aromatic N) is 20. The largest absolute Gasteiger partial charge is 0.480 e. The fraction of sp³-hybridized carbons (Fsp3) is 0.269. The normalized spacial score (nSPS) is 9.93. The third-order valence-electron chi connectivity index (χ3n) is 6.63. The molecule has 0 aliphatic rings. The quantitative estimate of drug-likeness (QED) is 0.0397. The summed E-state index contributed by atoms with van der Waals surface area (Å²) in [5.41, 5.74) is 1.55. The minimum atomic E-state index is -1.03. The molecule has 0 spiro atoms. The number of carbonyl (C=O) groups excluding carboxylic acids is 3. The maximum absolute atomic E-state index is 11.4. The number of tetrazole rings is 4. The van der Waals surface area contributed by atoms with Crippen LogP contribution in [0.2, 0.25) is 0 Å². The molecule has 32 nitrogen and oxygen atoms in total. The van der Waals surface area contributed by atoms with Crippen LogP contribution in [-0.2, 0) is 53.0 Å². The van der Waals surface area contributed by atoms with Gasteiger partial charge in [-0.05, 0) is 20.9 Å². The number of nitrogens with one attached hydrogen (secondary N) is 4. The number of nitriles is 1. The lowest BCUT2D eigenvalue weighted by molar-refractivity contribution is -0.142. The fourth-order valence-corrected chi connectivity index (χ4v) is 4.37. The van der Waals surface area contributed by atoms with Crippen molar-refractivity contribution in [1.29, 1.82) is 5.26 Å². The lowest BCUT2D eigenvalue weighted by atomic mass is 10.3. The van der Waals surface area contributed by atoms with Gasteiger partial charge in [-0.1, -0.05) is 22.5 Å². The summed E-state index contributed by atoms with van der Waals surface area (Å²) in [7, 11) is 3.90. The number of ether oxygens (including phenoxy) is 3. The van der Waals surface area contributed by atoms with E-state index in [-0.39, 0.29) is 65.7 Å². The minimum absolute atomic E-state index is 0.00333. The van der Waals surface area contributed by atoms with Crippen molar-refractivity contribution in [2.45, 2.75) is 19.6 Å². The first-order valence-corrected chi connectivity index (χ1v) is 16.6. The average molecular weight is 882 g/mol. The van der Waals surface area contributed by atoms with Crippen molar-refractivity contribution in [2.75, 3.05) is 26.7 Å². The van der Waals surface area contributed by atoms with E-state index in [1.807, 2.05) is 0 Å². The van der Waals surface area contributed by atoms with Crippen LogP contribution in [0.5, 0.6) is 0 Å². The van der Waals surface area contributed by atoms with E-state index < -0.39 is 17.9 Å². The molecule has 7 aromatic heterocycles. The number of imidazole rings is 3. The SMILES string of the molecule is COC(=O)CBr.COC(=O)Cn1cnc(-c2nn[nH]n2)c1-c1nn[nH]n1.O=C(O)Cn1cnc(-c2nn[nH]n2)c1-c1nn[nH]n1.[C-]#[N+]c1ncn(CC(=O)OC)c1C#N. The van der Waals surface area contributed by atoms with Crippen LogP contribution in [0.3, 0.4) is 0 Å². The van der Waals surface area contributed by atoms with Gasteiger partial charge in [-0.25, -0.2) is 9.97 Å². The van der Waals surface area contributed by atoms with Crippen molar-refractivity contribution in [3.05, 3.63) is 36.1 Å². The highest BCUT2D eigenvalue weighted by molar-refractivity contribution is 9.09. The second-order valence-electron chi connectivity index (χ2n) is 10.1. The number of carboxylic acids is 1. The van der Waals surface area contributed by atoms with Crippen LogP contribution in [0.15, 0.2) is 19.0 Å². The van der Waals surface area contributed by atoms with Gasteiger partial charge < -0.3 is 37.9 Å². The fourth-order valence-electron chi connectivity index (χ4n) is 4.14. The van der Waals surface area contributed by atoms with E-state index in [4.69, 9.17) is 16.9 Å². The molecule has 7 heterocycles. The summed E-state index contributed by atoms with van der Waals surface area (Å²) in [5.74, 6) is -1.28. The van der Waals surface area contributed by atoms with Gasteiger partial charge >= 0.3 is 29.7 Å². The highest BCUT2D eigenvalue weighted by Gasteiger charge is 2.24. The lowest BCUT2D eigenvalue weighted by Gasteiger charge is -2.04. The van der Waals surface area contributed by atoms with E-state index in [2.05, 4.69) is 132 Å². The van der Waals surface area contributed by atoms with Crippen LogP contribution in [0, 0.1) is 17.9 Å². The molecule has 59 heavy (non-hydrogen) atoms. The number of methoxy groups -OCH3 is 3. The van der Waals surface area contributed by atoms with E-state index in [9.17, 15) is 19.2 Å². The Bertz CT molecular complexity index is 2490. The van der Waals surface area contributed by atoms with Crippen molar-refractivity contribution in [2.24, 2.45) is 0 Å². The number of hydrogen-bond donors (Lipinski definition) is 5. The van der Waals surface area contributed by atoms with Gasteiger partial charge in [-0.3, -0.25) is 19.2 Å². The van der Waals surface area contributed by atoms with Crippen LogP contribution in [0.25, 0.3) is 50.9 Å². The van der Waals surface area contributed by atoms with Crippen LogP contribution < -0.4 is 0 Å². The molecule has 0 aliphatic heterocycles.